The number of rotatable bonds is 5. The molecule has 2 aromatic rings. The summed E-state index contributed by atoms with van der Waals surface area (Å²) in [5.74, 6) is -0.0378. The minimum Gasteiger partial charge on any atom is -0.381 e. The van der Waals surface area contributed by atoms with Crippen LogP contribution in [0, 0.1) is 0 Å². The summed E-state index contributed by atoms with van der Waals surface area (Å²) in [6, 6.07) is 4.85. The van der Waals surface area contributed by atoms with Crippen molar-refractivity contribution < 1.29 is 8.42 Å². The lowest BCUT2D eigenvalue weighted by molar-refractivity contribution is 0.595. The summed E-state index contributed by atoms with van der Waals surface area (Å²) in [5, 5.41) is 4.26. The smallest absolute Gasteiger partial charge is 0.267 e. The number of anilines is 2. The van der Waals surface area contributed by atoms with Gasteiger partial charge in [0.1, 0.15) is 4.90 Å². The second kappa shape index (κ2) is 6.25. The molecule has 0 amide bonds. The summed E-state index contributed by atoms with van der Waals surface area (Å²) < 4.78 is 29.4. The van der Waals surface area contributed by atoms with Crippen LogP contribution in [-0.2, 0) is 16.6 Å². The van der Waals surface area contributed by atoms with E-state index in [1.807, 2.05) is 6.92 Å². The lowest BCUT2D eigenvalue weighted by Gasteiger charge is -2.08. The lowest BCUT2D eigenvalue weighted by atomic mass is 10.3. The Morgan fingerprint density at radius 3 is 2.81 bits per heavy atom. The predicted molar refractivity (Wildman–Crippen MR) is 86.9 cm³/mol. The molecule has 0 radical (unpaired) electrons. The van der Waals surface area contributed by atoms with Crippen molar-refractivity contribution in [1.82, 2.24) is 9.78 Å². The van der Waals surface area contributed by atoms with Crippen molar-refractivity contribution in [2.75, 3.05) is 10.5 Å². The average molecular weight is 394 g/mol. The number of hydrogen-bond donors (Lipinski definition) is 2. The van der Waals surface area contributed by atoms with Gasteiger partial charge >= 0.3 is 0 Å². The normalized spacial score (nSPS) is 11.6. The van der Waals surface area contributed by atoms with Gasteiger partial charge in [-0.15, -0.1) is 0 Å². The Hall–Kier alpha value is -1.25. The van der Waals surface area contributed by atoms with Gasteiger partial charge in [0, 0.05) is 17.2 Å². The molecule has 2 rings (SSSR count). The number of nitrogens with one attached hydrogen (secondary N) is 1. The van der Waals surface area contributed by atoms with Crippen LogP contribution in [0.2, 0.25) is 5.02 Å². The zero-order valence-corrected chi connectivity index (χ0v) is 14.3. The zero-order valence-electron chi connectivity index (χ0n) is 11.2. The minimum atomic E-state index is -3.83. The van der Waals surface area contributed by atoms with Crippen LogP contribution in [0.5, 0.6) is 0 Å². The van der Waals surface area contributed by atoms with Crippen molar-refractivity contribution in [2.45, 2.75) is 24.8 Å². The Bertz CT molecular complexity index is 761. The SMILES string of the molecule is CCCn1cc(S(=O)(=O)Nc2ccc(Br)cc2Cl)c(N)n1. The highest BCUT2D eigenvalue weighted by Gasteiger charge is 2.22. The van der Waals surface area contributed by atoms with E-state index in [2.05, 4.69) is 25.8 Å². The number of aryl methyl sites for hydroxylation is 1. The summed E-state index contributed by atoms with van der Waals surface area (Å²) in [5.41, 5.74) is 5.96. The minimum absolute atomic E-state index is 0.0378. The van der Waals surface area contributed by atoms with E-state index >= 15 is 0 Å². The molecule has 1 aromatic heterocycles. The number of aromatic nitrogens is 2. The molecule has 114 valence electrons. The maximum Gasteiger partial charge on any atom is 0.267 e. The van der Waals surface area contributed by atoms with Crippen molar-refractivity contribution in [3.63, 3.8) is 0 Å². The van der Waals surface area contributed by atoms with Crippen LogP contribution in [0.1, 0.15) is 13.3 Å². The fraction of sp³-hybridized carbons (Fsp3) is 0.250. The highest BCUT2D eigenvalue weighted by molar-refractivity contribution is 9.10. The Balaban J connectivity index is 2.34. The number of hydrogen-bond acceptors (Lipinski definition) is 4. The summed E-state index contributed by atoms with van der Waals surface area (Å²) in [6.07, 6.45) is 2.24. The molecule has 9 heteroatoms. The van der Waals surface area contributed by atoms with Crippen LogP contribution in [0.25, 0.3) is 0 Å². The third-order valence-corrected chi connectivity index (χ3v) is 4.86. The first-order valence-electron chi connectivity index (χ1n) is 6.14. The van der Waals surface area contributed by atoms with Gasteiger partial charge < -0.3 is 5.73 Å². The average Bonchev–Trinajstić information content (AvgIpc) is 2.75. The first-order valence-corrected chi connectivity index (χ1v) is 8.79. The summed E-state index contributed by atoms with van der Waals surface area (Å²) in [6.45, 7) is 2.56. The Morgan fingerprint density at radius 1 is 1.48 bits per heavy atom. The van der Waals surface area contributed by atoms with E-state index in [0.717, 1.165) is 10.9 Å². The second-order valence-corrected chi connectivity index (χ2v) is 7.35. The van der Waals surface area contributed by atoms with Crippen LogP contribution in [0.3, 0.4) is 0 Å². The number of nitrogens with two attached hydrogens (primary N) is 1. The lowest BCUT2D eigenvalue weighted by Crippen LogP contribution is -2.14. The standard InChI is InChI=1S/C12H14BrClN4O2S/c1-2-5-18-7-11(12(15)16-18)21(19,20)17-10-4-3-8(13)6-9(10)14/h3-4,6-7,17H,2,5H2,1H3,(H2,15,16). The molecule has 0 atom stereocenters. The van der Waals surface area contributed by atoms with Crippen molar-refractivity contribution >= 4 is 49.1 Å². The fourth-order valence-electron chi connectivity index (χ4n) is 1.74. The number of benzene rings is 1. The van der Waals surface area contributed by atoms with Crippen LogP contribution < -0.4 is 10.5 Å². The van der Waals surface area contributed by atoms with Gasteiger partial charge in [0.15, 0.2) is 5.82 Å². The van der Waals surface area contributed by atoms with Gasteiger partial charge in [-0.05, 0) is 24.6 Å². The molecule has 0 fully saturated rings. The molecule has 0 aliphatic rings. The van der Waals surface area contributed by atoms with Gasteiger partial charge in [0.05, 0.1) is 10.7 Å². The monoisotopic (exact) mass is 392 g/mol. The van der Waals surface area contributed by atoms with Crippen LogP contribution in [0.4, 0.5) is 11.5 Å². The number of nitrogen functional groups attached to an aromatic ring is 1. The summed E-state index contributed by atoms with van der Waals surface area (Å²) >= 11 is 9.27. The van der Waals surface area contributed by atoms with Crippen molar-refractivity contribution in [2.24, 2.45) is 0 Å². The van der Waals surface area contributed by atoms with Gasteiger partial charge in [-0.25, -0.2) is 8.42 Å². The van der Waals surface area contributed by atoms with Gasteiger partial charge in [-0.3, -0.25) is 9.40 Å². The van der Waals surface area contributed by atoms with E-state index in [9.17, 15) is 8.42 Å². The van der Waals surface area contributed by atoms with E-state index < -0.39 is 10.0 Å². The Morgan fingerprint density at radius 2 is 2.19 bits per heavy atom. The maximum atomic E-state index is 12.4. The predicted octanol–water partition coefficient (Wildman–Crippen LogP) is 3.09. The van der Waals surface area contributed by atoms with Gasteiger partial charge in [-0.2, -0.15) is 5.10 Å². The molecule has 0 saturated heterocycles. The first-order chi connectivity index (χ1) is 9.83. The zero-order chi connectivity index (χ0) is 15.6. The van der Waals surface area contributed by atoms with E-state index in [0.29, 0.717) is 6.54 Å². The molecule has 0 aliphatic carbocycles. The topological polar surface area (TPSA) is 90.0 Å². The Labute approximate surface area is 136 Å². The van der Waals surface area contributed by atoms with E-state index in [4.69, 9.17) is 17.3 Å². The van der Waals surface area contributed by atoms with Crippen LogP contribution >= 0.6 is 27.5 Å². The van der Waals surface area contributed by atoms with E-state index in [-0.39, 0.29) is 21.4 Å². The Kier molecular flexibility index (Phi) is 4.80. The fourth-order valence-corrected chi connectivity index (χ4v) is 3.67. The molecule has 0 aliphatic heterocycles. The molecule has 1 aromatic carbocycles. The molecule has 21 heavy (non-hydrogen) atoms. The van der Waals surface area contributed by atoms with Crippen LogP contribution in [-0.4, -0.2) is 18.2 Å². The molecule has 3 N–H and O–H groups in total. The molecule has 0 unspecified atom stereocenters. The van der Waals surface area contributed by atoms with Crippen molar-refractivity contribution in [3.05, 3.63) is 33.9 Å². The third kappa shape index (κ3) is 3.69. The number of nitrogens with zero attached hydrogens (tertiary/aromatic N) is 2. The molecular formula is C12H14BrClN4O2S. The maximum absolute atomic E-state index is 12.4. The molecule has 6 nitrogen and oxygen atoms in total. The highest BCUT2D eigenvalue weighted by Crippen LogP contribution is 2.28. The summed E-state index contributed by atoms with van der Waals surface area (Å²) in [7, 11) is -3.83. The molecule has 1 heterocycles. The van der Waals surface area contributed by atoms with Crippen LogP contribution in [0.15, 0.2) is 33.8 Å². The summed E-state index contributed by atoms with van der Waals surface area (Å²) in [4.78, 5) is -0.0602. The molecule has 0 bridgehead atoms. The highest BCUT2D eigenvalue weighted by atomic mass is 79.9. The van der Waals surface area contributed by atoms with E-state index in [1.165, 1.54) is 10.9 Å². The largest absolute Gasteiger partial charge is 0.381 e. The molecule has 0 spiro atoms. The van der Waals surface area contributed by atoms with E-state index in [1.54, 1.807) is 18.2 Å². The van der Waals surface area contributed by atoms with Gasteiger partial charge in [-0.1, -0.05) is 34.5 Å². The van der Waals surface area contributed by atoms with Gasteiger partial charge in [0.25, 0.3) is 10.0 Å². The van der Waals surface area contributed by atoms with Crippen molar-refractivity contribution in [1.29, 1.82) is 0 Å². The number of halogens is 2. The second-order valence-electron chi connectivity index (χ2n) is 4.37. The quantitative estimate of drug-likeness (QED) is 0.816. The van der Waals surface area contributed by atoms with Gasteiger partial charge in [0.2, 0.25) is 0 Å². The molecular weight excluding hydrogens is 380 g/mol. The first kappa shape index (κ1) is 16.1. The number of sulfonamides is 1. The molecule has 0 saturated carbocycles. The third-order valence-electron chi connectivity index (χ3n) is 2.67. The van der Waals surface area contributed by atoms with Crippen molar-refractivity contribution in [3.8, 4) is 0 Å².